The van der Waals surface area contributed by atoms with E-state index in [2.05, 4.69) is 4.90 Å². The molecule has 4 atom stereocenters. The number of carboxylic acid groups (broad SMARTS) is 2. The zero-order valence-electron chi connectivity index (χ0n) is 25.8. The van der Waals surface area contributed by atoms with Gasteiger partial charge in [0.05, 0.1) is 24.2 Å². The number of aryl methyl sites for hydroxylation is 2. The van der Waals surface area contributed by atoms with E-state index in [0.29, 0.717) is 6.54 Å². The molecule has 0 amide bonds. The van der Waals surface area contributed by atoms with Gasteiger partial charge in [0.15, 0.2) is 0 Å². The number of nitrogens with zero attached hydrogens (tertiary/aromatic N) is 1. The number of aliphatic carboxylic acids is 2. The molecule has 0 aromatic heterocycles. The zero-order valence-corrected chi connectivity index (χ0v) is 25.8. The van der Waals surface area contributed by atoms with E-state index < -0.39 is 36.1 Å². The van der Waals surface area contributed by atoms with Crippen molar-refractivity contribution in [3.8, 4) is 0 Å². The topological polar surface area (TPSA) is 157 Å². The van der Waals surface area contributed by atoms with Gasteiger partial charge in [-0.05, 0) is 81.7 Å². The second-order valence-electron chi connectivity index (χ2n) is 10.9. The number of hydrogen-bond donors (Lipinski definition) is 2. The molecule has 1 saturated heterocycles. The summed E-state index contributed by atoms with van der Waals surface area (Å²) in [6.07, 6.45) is -3.55. The van der Waals surface area contributed by atoms with Crippen LogP contribution in [0.2, 0.25) is 0 Å². The summed E-state index contributed by atoms with van der Waals surface area (Å²) in [6.45, 7) is 5.21. The van der Waals surface area contributed by atoms with Crippen molar-refractivity contribution < 1.29 is 52.8 Å². The molecule has 0 spiro atoms. The van der Waals surface area contributed by atoms with E-state index in [1.54, 1.807) is 50.2 Å². The minimum atomic E-state index is -2.22. The molecular formula is C34H36FNO10. The van der Waals surface area contributed by atoms with Crippen LogP contribution in [-0.2, 0) is 28.6 Å². The average Bonchev–Trinajstić information content (AvgIpc) is 3.03. The summed E-state index contributed by atoms with van der Waals surface area (Å²) in [5, 5.41) is 18.6. The minimum Gasteiger partial charge on any atom is -0.478 e. The first-order valence-electron chi connectivity index (χ1n) is 14.3. The van der Waals surface area contributed by atoms with Crippen LogP contribution in [0.25, 0.3) is 0 Å². The number of hydrogen-bond acceptors (Lipinski definition) is 9. The molecule has 2 N–H and O–H groups in total. The third-order valence-electron chi connectivity index (χ3n) is 7.42. The Labute approximate surface area is 265 Å². The quantitative estimate of drug-likeness (QED) is 0.255. The Hall–Kier alpha value is -5.10. The molecule has 1 fully saturated rings. The maximum atomic E-state index is 12.9. The molecule has 1 aliphatic rings. The lowest BCUT2D eigenvalue weighted by Crippen LogP contribution is -2.45. The Bertz CT molecular complexity index is 1450. The Morgan fingerprint density at radius 3 is 1.59 bits per heavy atom. The number of ether oxygens (including phenoxy) is 3. The molecule has 46 heavy (non-hydrogen) atoms. The van der Waals surface area contributed by atoms with Gasteiger partial charge >= 0.3 is 29.8 Å². The van der Waals surface area contributed by atoms with Gasteiger partial charge in [0.1, 0.15) is 5.82 Å². The fourth-order valence-electron chi connectivity index (χ4n) is 4.84. The molecule has 1 aliphatic heterocycles. The first-order valence-corrected chi connectivity index (χ1v) is 14.3. The van der Waals surface area contributed by atoms with Crippen LogP contribution in [0.4, 0.5) is 4.39 Å². The maximum Gasteiger partial charge on any atom is 0.349 e. The summed E-state index contributed by atoms with van der Waals surface area (Å²) in [6, 6.07) is 18.5. The van der Waals surface area contributed by atoms with Crippen molar-refractivity contribution in [3.63, 3.8) is 0 Å². The second kappa shape index (κ2) is 16.3. The van der Waals surface area contributed by atoms with Crippen molar-refractivity contribution in [3.05, 3.63) is 106 Å². The van der Waals surface area contributed by atoms with Gasteiger partial charge in [0, 0.05) is 6.54 Å². The van der Waals surface area contributed by atoms with E-state index in [-0.39, 0.29) is 34.7 Å². The summed E-state index contributed by atoms with van der Waals surface area (Å²) < 4.78 is 27.5. The average molecular weight is 638 g/mol. The molecule has 3 aromatic carbocycles. The van der Waals surface area contributed by atoms with E-state index in [1.165, 1.54) is 43.5 Å². The molecule has 0 unspecified atom stereocenters. The highest BCUT2D eigenvalue weighted by Crippen LogP contribution is 2.33. The number of halogens is 1. The van der Waals surface area contributed by atoms with Crippen LogP contribution in [0, 0.1) is 25.6 Å². The van der Waals surface area contributed by atoms with Gasteiger partial charge in [0.2, 0.25) is 12.2 Å². The molecule has 3 aromatic rings. The lowest BCUT2D eigenvalue weighted by molar-refractivity contribution is -0.166. The van der Waals surface area contributed by atoms with Crippen molar-refractivity contribution >= 4 is 29.8 Å². The predicted octanol–water partition coefficient (Wildman–Crippen LogP) is 4.26. The predicted molar refractivity (Wildman–Crippen MR) is 163 cm³/mol. The van der Waals surface area contributed by atoms with E-state index in [0.717, 1.165) is 29.7 Å². The van der Waals surface area contributed by atoms with Gasteiger partial charge in [-0.25, -0.2) is 23.6 Å². The van der Waals surface area contributed by atoms with Crippen LogP contribution >= 0.6 is 0 Å². The summed E-state index contributed by atoms with van der Waals surface area (Å²) in [5.41, 5.74) is 2.81. The number of carbonyl (C=O) groups is 5. The number of rotatable bonds is 9. The smallest absolute Gasteiger partial charge is 0.349 e. The lowest BCUT2D eigenvalue weighted by Gasteiger charge is -2.35. The fraction of sp³-hybridized carbons (Fsp3) is 0.324. The lowest BCUT2D eigenvalue weighted by atomic mass is 9.80. The highest BCUT2D eigenvalue weighted by molar-refractivity contribution is 5.95. The molecule has 0 saturated carbocycles. The van der Waals surface area contributed by atoms with Gasteiger partial charge in [-0.15, -0.1) is 0 Å². The summed E-state index contributed by atoms with van der Waals surface area (Å²) in [4.78, 5) is 61.3. The van der Waals surface area contributed by atoms with Crippen LogP contribution in [0.3, 0.4) is 0 Å². The Kier molecular flexibility index (Phi) is 12.5. The van der Waals surface area contributed by atoms with E-state index in [4.69, 9.17) is 14.2 Å². The standard InChI is InChI=1S/C20H18O8.C14H18FNO2/c1-11-3-7-13(8-4-11)19(25)27-15(17(21)22)16(18(23)24)28-20(26)14-9-5-12(2)6-10-14;1-16-8-7-12(13(9-16)14(17)18-2)10-3-5-11(15)6-4-10/h3-10,15-16H,1-2H3,(H,21,22)(H,23,24);3-6,12-13H,7-9H2,1-2H3/t15-,16-;12-,13-/m10/s1. The Morgan fingerprint density at radius 1 is 0.761 bits per heavy atom. The molecule has 0 radical (unpaired) electrons. The molecule has 11 nitrogen and oxygen atoms in total. The molecule has 1 heterocycles. The second-order valence-corrected chi connectivity index (χ2v) is 10.9. The third-order valence-corrected chi connectivity index (χ3v) is 7.42. The first-order chi connectivity index (χ1) is 21.8. The molecule has 0 bridgehead atoms. The van der Waals surface area contributed by atoms with Crippen LogP contribution in [0.5, 0.6) is 0 Å². The zero-order chi connectivity index (χ0) is 34.0. The molecule has 244 valence electrons. The van der Waals surface area contributed by atoms with Crippen molar-refractivity contribution in [1.29, 1.82) is 0 Å². The Morgan fingerprint density at radius 2 is 1.20 bits per heavy atom. The normalized spacial score (nSPS) is 17.3. The number of piperidine rings is 1. The van der Waals surface area contributed by atoms with Gasteiger partial charge < -0.3 is 29.3 Å². The number of methoxy groups -OCH3 is 1. The van der Waals surface area contributed by atoms with Gasteiger partial charge in [0.25, 0.3) is 0 Å². The van der Waals surface area contributed by atoms with Crippen LogP contribution in [0.1, 0.15) is 49.7 Å². The minimum absolute atomic E-state index is 0.0332. The van der Waals surface area contributed by atoms with E-state index in [1.807, 2.05) is 7.05 Å². The fourth-order valence-corrected chi connectivity index (χ4v) is 4.84. The van der Waals surface area contributed by atoms with Crippen molar-refractivity contribution in [1.82, 2.24) is 4.90 Å². The van der Waals surface area contributed by atoms with Crippen molar-refractivity contribution in [2.75, 3.05) is 27.2 Å². The van der Waals surface area contributed by atoms with Gasteiger partial charge in [-0.3, -0.25) is 4.79 Å². The molecule has 12 heteroatoms. The van der Waals surface area contributed by atoms with Crippen LogP contribution < -0.4 is 0 Å². The maximum absolute atomic E-state index is 12.9. The number of esters is 3. The molecular weight excluding hydrogens is 601 g/mol. The number of benzene rings is 3. The first kappa shape index (κ1) is 35.4. The number of carbonyl (C=O) groups excluding carboxylic acids is 3. The van der Waals surface area contributed by atoms with Crippen molar-refractivity contribution in [2.45, 2.75) is 38.4 Å². The van der Waals surface area contributed by atoms with Crippen molar-refractivity contribution in [2.24, 2.45) is 5.92 Å². The van der Waals surface area contributed by atoms with Gasteiger partial charge in [-0.2, -0.15) is 0 Å². The summed E-state index contributed by atoms with van der Waals surface area (Å²) in [5.74, 6) is -6.10. The van der Waals surface area contributed by atoms with Crippen LogP contribution in [0.15, 0.2) is 72.8 Å². The van der Waals surface area contributed by atoms with E-state index in [9.17, 15) is 38.6 Å². The monoisotopic (exact) mass is 637 g/mol. The summed E-state index contributed by atoms with van der Waals surface area (Å²) >= 11 is 0. The molecule has 0 aliphatic carbocycles. The van der Waals surface area contributed by atoms with Gasteiger partial charge in [-0.1, -0.05) is 47.5 Å². The molecule has 4 rings (SSSR count). The number of carboxylic acids is 2. The van der Waals surface area contributed by atoms with E-state index >= 15 is 0 Å². The highest BCUT2D eigenvalue weighted by Gasteiger charge is 2.41. The SMILES string of the molecule is COC(=O)[C@H]1CN(C)CC[C@H]1c1ccc(F)cc1.Cc1ccc(C(=O)O[C@@H](C(=O)O)[C@@H](OC(=O)c2ccc(C)cc2)C(=O)O)cc1. The summed E-state index contributed by atoms with van der Waals surface area (Å²) in [7, 11) is 3.41. The van der Waals surface area contributed by atoms with Crippen LogP contribution in [-0.4, -0.2) is 84.4 Å². The third kappa shape index (κ3) is 9.70. The number of likely N-dealkylation sites (tertiary alicyclic amines) is 1. The largest absolute Gasteiger partial charge is 0.478 e. The highest BCUT2D eigenvalue weighted by atomic mass is 19.1. The Balaban J connectivity index is 0.000000275.